The highest BCUT2D eigenvalue weighted by molar-refractivity contribution is 5.97. The van der Waals surface area contributed by atoms with Gasteiger partial charge in [0.1, 0.15) is 0 Å². The number of aldehydes is 2. The third-order valence-electron chi connectivity index (χ3n) is 2.47. The van der Waals surface area contributed by atoms with Crippen molar-refractivity contribution in [3.63, 3.8) is 0 Å². The number of carbonyl (C=O) groups excluding carboxylic acids is 2. The first kappa shape index (κ1) is 10.3. The van der Waals surface area contributed by atoms with Crippen LogP contribution in [0.3, 0.4) is 0 Å². The van der Waals surface area contributed by atoms with E-state index in [0.29, 0.717) is 17.4 Å². The molecule has 0 aliphatic carbocycles. The zero-order valence-corrected chi connectivity index (χ0v) is 8.59. The normalized spacial score (nSPS) is 9.75. The van der Waals surface area contributed by atoms with Crippen LogP contribution in [0.15, 0.2) is 48.5 Å². The van der Waals surface area contributed by atoms with Crippen LogP contribution in [0, 0.1) is 0 Å². The maximum absolute atomic E-state index is 11.0. The molecule has 0 bridgehead atoms. The Morgan fingerprint density at radius 3 is 2.12 bits per heavy atom. The molecule has 0 radical (unpaired) electrons. The molecule has 0 unspecified atom stereocenters. The maximum atomic E-state index is 11.0. The molecule has 2 rings (SSSR count). The lowest BCUT2D eigenvalue weighted by Gasteiger charge is -2.06. The van der Waals surface area contributed by atoms with E-state index < -0.39 is 0 Å². The van der Waals surface area contributed by atoms with Gasteiger partial charge in [0, 0.05) is 11.1 Å². The molecule has 0 saturated heterocycles. The fourth-order valence-electron chi connectivity index (χ4n) is 1.69. The molecular weight excluding hydrogens is 200 g/mol. The molecule has 0 fully saturated rings. The highest BCUT2D eigenvalue weighted by Gasteiger charge is 2.07. The van der Waals surface area contributed by atoms with Gasteiger partial charge >= 0.3 is 0 Å². The molecular formula is C14H10O2. The van der Waals surface area contributed by atoms with Crippen LogP contribution < -0.4 is 0 Å². The number of carbonyl (C=O) groups is 2. The van der Waals surface area contributed by atoms with E-state index in [0.717, 1.165) is 17.4 Å². The summed E-state index contributed by atoms with van der Waals surface area (Å²) in [5.74, 6) is 0. The third-order valence-corrected chi connectivity index (χ3v) is 2.47. The quantitative estimate of drug-likeness (QED) is 0.730. The molecule has 0 atom stereocenters. The minimum absolute atomic E-state index is 0.427. The Hall–Kier alpha value is -2.22. The van der Waals surface area contributed by atoms with Crippen molar-refractivity contribution in [2.45, 2.75) is 0 Å². The average molecular weight is 210 g/mol. The van der Waals surface area contributed by atoms with E-state index in [9.17, 15) is 9.59 Å². The van der Waals surface area contributed by atoms with Crippen molar-refractivity contribution >= 4 is 12.6 Å². The average Bonchev–Trinajstić information content (AvgIpc) is 2.38. The standard InChI is InChI=1S/C14H10O2/c15-9-12-7-4-8-13(14(12)10-16)11-5-2-1-3-6-11/h1-10H. The fraction of sp³-hybridized carbons (Fsp3) is 0. The van der Waals surface area contributed by atoms with Crippen LogP contribution in [-0.4, -0.2) is 12.6 Å². The highest BCUT2D eigenvalue weighted by Crippen LogP contribution is 2.24. The third kappa shape index (κ3) is 1.77. The zero-order valence-electron chi connectivity index (χ0n) is 8.59. The van der Waals surface area contributed by atoms with Crippen LogP contribution in [0.2, 0.25) is 0 Å². The monoisotopic (exact) mass is 210 g/mol. The molecule has 0 aromatic heterocycles. The van der Waals surface area contributed by atoms with Crippen LogP contribution in [0.1, 0.15) is 20.7 Å². The molecule has 0 spiro atoms. The summed E-state index contributed by atoms with van der Waals surface area (Å²) in [6.45, 7) is 0. The van der Waals surface area contributed by atoms with Gasteiger partial charge in [-0.05, 0) is 11.1 Å². The first-order valence-electron chi connectivity index (χ1n) is 4.95. The van der Waals surface area contributed by atoms with E-state index in [1.807, 2.05) is 36.4 Å². The molecule has 0 aliphatic rings. The van der Waals surface area contributed by atoms with Crippen LogP contribution in [0.25, 0.3) is 11.1 Å². The summed E-state index contributed by atoms with van der Waals surface area (Å²) in [6.07, 6.45) is 1.43. The molecule has 0 saturated carbocycles. The minimum atomic E-state index is 0.427. The molecule has 2 aromatic rings. The van der Waals surface area contributed by atoms with Crippen molar-refractivity contribution in [3.05, 3.63) is 59.7 Å². The van der Waals surface area contributed by atoms with E-state index in [-0.39, 0.29) is 0 Å². The lowest BCUT2D eigenvalue weighted by atomic mass is 9.97. The van der Waals surface area contributed by atoms with Crippen LogP contribution in [-0.2, 0) is 0 Å². The second-order valence-electron chi connectivity index (χ2n) is 3.41. The van der Waals surface area contributed by atoms with Crippen molar-refractivity contribution in [3.8, 4) is 11.1 Å². The van der Waals surface area contributed by atoms with Gasteiger partial charge in [-0.1, -0.05) is 48.5 Å². The Morgan fingerprint density at radius 1 is 0.750 bits per heavy atom. The zero-order chi connectivity index (χ0) is 11.4. The van der Waals surface area contributed by atoms with Gasteiger partial charge < -0.3 is 0 Å². The van der Waals surface area contributed by atoms with Crippen molar-refractivity contribution in [2.75, 3.05) is 0 Å². The molecule has 0 aliphatic heterocycles. The van der Waals surface area contributed by atoms with Gasteiger partial charge in [0.2, 0.25) is 0 Å². The summed E-state index contributed by atoms with van der Waals surface area (Å²) in [7, 11) is 0. The molecule has 16 heavy (non-hydrogen) atoms. The Balaban J connectivity index is 2.66. The number of hydrogen-bond acceptors (Lipinski definition) is 2. The van der Waals surface area contributed by atoms with Gasteiger partial charge in [-0.3, -0.25) is 9.59 Å². The number of rotatable bonds is 3. The van der Waals surface area contributed by atoms with Crippen molar-refractivity contribution < 1.29 is 9.59 Å². The van der Waals surface area contributed by atoms with Crippen molar-refractivity contribution in [1.82, 2.24) is 0 Å². The van der Waals surface area contributed by atoms with Crippen molar-refractivity contribution in [1.29, 1.82) is 0 Å². The fourth-order valence-corrected chi connectivity index (χ4v) is 1.69. The Morgan fingerprint density at radius 2 is 1.50 bits per heavy atom. The summed E-state index contributed by atoms with van der Waals surface area (Å²) in [5.41, 5.74) is 2.61. The molecule has 0 amide bonds. The predicted octanol–water partition coefficient (Wildman–Crippen LogP) is 2.98. The Labute approximate surface area is 93.5 Å². The molecule has 2 heteroatoms. The largest absolute Gasteiger partial charge is 0.298 e. The van der Waals surface area contributed by atoms with E-state index in [2.05, 4.69) is 0 Å². The van der Waals surface area contributed by atoms with E-state index >= 15 is 0 Å². The predicted molar refractivity (Wildman–Crippen MR) is 62.7 cm³/mol. The lowest BCUT2D eigenvalue weighted by Crippen LogP contribution is -1.94. The van der Waals surface area contributed by atoms with E-state index in [4.69, 9.17) is 0 Å². The summed E-state index contributed by atoms with van der Waals surface area (Å²) in [4.78, 5) is 21.8. The molecule has 78 valence electrons. The van der Waals surface area contributed by atoms with Crippen molar-refractivity contribution in [2.24, 2.45) is 0 Å². The van der Waals surface area contributed by atoms with E-state index in [1.54, 1.807) is 12.1 Å². The summed E-state index contributed by atoms with van der Waals surface area (Å²) in [5, 5.41) is 0. The van der Waals surface area contributed by atoms with Gasteiger partial charge in [0.05, 0.1) is 0 Å². The van der Waals surface area contributed by atoms with Gasteiger partial charge in [0.15, 0.2) is 12.6 Å². The first-order valence-corrected chi connectivity index (χ1v) is 4.95. The minimum Gasteiger partial charge on any atom is -0.298 e. The smallest absolute Gasteiger partial charge is 0.151 e. The maximum Gasteiger partial charge on any atom is 0.151 e. The second kappa shape index (κ2) is 4.53. The highest BCUT2D eigenvalue weighted by atomic mass is 16.1. The topological polar surface area (TPSA) is 34.1 Å². The first-order chi connectivity index (χ1) is 7.86. The van der Waals surface area contributed by atoms with Crippen LogP contribution in [0.4, 0.5) is 0 Å². The Kier molecular flexibility index (Phi) is 2.92. The van der Waals surface area contributed by atoms with Gasteiger partial charge in [-0.2, -0.15) is 0 Å². The van der Waals surface area contributed by atoms with E-state index in [1.165, 1.54) is 0 Å². The number of hydrogen-bond donors (Lipinski definition) is 0. The molecule has 0 N–H and O–H groups in total. The van der Waals surface area contributed by atoms with Gasteiger partial charge in [0.25, 0.3) is 0 Å². The lowest BCUT2D eigenvalue weighted by molar-refractivity contribution is 0.109. The molecule has 2 aromatic carbocycles. The van der Waals surface area contributed by atoms with Gasteiger partial charge in [-0.25, -0.2) is 0 Å². The number of benzene rings is 2. The van der Waals surface area contributed by atoms with Crippen LogP contribution >= 0.6 is 0 Å². The summed E-state index contributed by atoms with van der Waals surface area (Å²) < 4.78 is 0. The molecule has 0 heterocycles. The Bertz CT molecular complexity index is 516. The summed E-state index contributed by atoms with van der Waals surface area (Å²) >= 11 is 0. The SMILES string of the molecule is O=Cc1cccc(-c2ccccc2)c1C=O. The van der Waals surface area contributed by atoms with Gasteiger partial charge in [-0.15, -0.1) is 0 Å². The van der Waals surface area contributed by atoms with Crippen LogP contribution in [0.5, 0.6) is 0 Å². The second-order valence-corrected chi connectivity index (χ2v) is 3.41. The molecule has 2 nitrogen and oxygen atoms in total. The summed E-state index contributed by atoms with van der Waals surface area (Å²) in [6, 6.07) is 14.8.